The highest BCUT2D eigenvalue weighted by Gasteiger charge is 2.28. The lowest BCUT2D eigenvalue weighted by atomic mass is 10.1. The van der Waals surface area contributed by atoms with Crippen LogP contribution >= 0.6 is 34.2 Å². The zero-order valence-corrected chi connectivity index (χ0v) is 13.2. The van der Waals surface area contributed by atoms with Crippen LogP contribution in [-0.2, 0) is 0 Å². The number of amides is 1. The number of hydrogen-bond acceptors (Lipinski definition) is 2. The Morgan fingerprint density at radius 1 is 1.56 bits per heavy atom. The first-order valence-electron chi connectivity index (χ1n) is 6.10. The predicted molar refractivity (Wildman–Crippen MR) is 82.2 cm³/mol. The minimum atomic E-state index is 0.0849. The fraction of sp³-hybridized carbons (Fsp3) is 0.462. The highest BCUT2D eigenvalue weighted by Crippen LogP contribution is 2.21. The lowest BCUT2D eigenvalue weighted by Gasteiger charge is -2.38. The molecule has 5 heteroatoms. The molecule has 1 aliphatic heterocycles. The first kappa shape index (κ1) is 14.1. The van der Waals surface area contributed by atoms with E-state index in [-0.39, 0.29) is 5.91 Å². The molecular weight excluding hydrogens is 363 g/mol. The summed E-state index contributed by atoms with van der Waals surface area (Å²) in [4.78, 5) is 14.4. The molecular formula is C13H16ClIN2O. The number of nitrogens with one attached hydrogen (secondary N) is 1. The molecule has 1 fully saturated rings. The van der Waals surface area contributed by atoms with Crippen molar-refractivity contribution in [3.05, 3.63) is 32.4 Å². The maximum Gasteiger partial charge on any atom is 0.254 e. The smallest absolute Gasteiger partial charge is 0.254 e. The van der Waals surface area contributed by atoms with Crippen molar-refractivity contribution in [3.8, 4) is 0 Å². The first-order chi connectivity index (χ1) is 8.63. The number of hydrogen-bond donors (Lipinski definition) is 1. The zero-order chi connectivity index (χ0) is 13.1. The fourth-order valence-electron chi connectivity index (χ4n) is 1.98. The van der Waals surface area contributed by atoms with E-state index >= 15 is 0 Å². The van der Waals surface area contributed by atoms with Gasteiger partial charge in [0.25, 0.3) is 5.91 Å². The van der Waals surface area contributed by atoms with E-state index in [9.17, 15) is 4.79 Å². The monoisotopic (exact) mass is 378 g/mol. The van der Waals surface area contributed by atoms with E-state index in [1.807, 2.05) is 17.0 Å². The van der Waals surface area contributed by atoms with Gasteiger partial charge in [-0.15, -0.1) is 0 Å². The highest BCUT2D eigenvalue weighted by atomic mass is 127. The van der Waals surface area contributed by atoms with E-state index in [0.717, 1.165) is 29.6 Å². The molecule has 2 rings (SSSR count). The first-order valence-corrected chi connectivity index (χ1v) is 7.56. The van der Waals surface area contributed by atoms with Gasteiger partial charge in [-0.05, 0) is 47.2 Å². The second kappa shape index (κ2) is 6.21. The quantitative estimate of drug-likeness (QED) is 0.817. The summed E-state index contributed by atoms with van der Waals surface area (Å²) in [7, 11) is 0. The van der Waals surface area contributed by atoms with Crippen LogP contribution in [0.3, 0.4) is 0 Å². The van der Waals surface area contributed by atoms with Crippen LogP contribution in [0.4, 0.5) is 0 Å². The summed E-state index contributed by atoms with van der Waals surface area (Å²) < 4.78 is 0.971. The van der Waals surface area contributed by atoms with Crippen LogP contribution in [0.5, 0.6) is 0 Å². The Morgan fingerprint density at radius 3 is 2.78 bits per heavy atom. The Morgan fingerprint density at radius 2 is 2.28 bits per heavy atom. The van der Waals surface area contributed by atoms with E-state index < -0.39 is 0 Å². The SMILES string of the molecule is CCCN(C(=O)c1ccc(I)c(Cl)c1)C1CNC1. The van der Waals surface area contributed by atoms with Crippen molar-refractivity contribution in [2.24, 2.45) is 0 Å². The molecule has 0 aliphatic carbocycles. The van der Waals surface area contributed by atoms with Crippen LogP contribution in [0.2, 0.25) is 5.02 Å². The van der Waals surface area contributed by atoms with Crippen molar-refractivity contribution in [2.75, 3.05) is 19.6 Å². The van der Waals surface area contributed by atoms with Crippen molar-refractivity contribution in [3.63, 3.8) is 0 Å². The Bertz CT molecular complexity index is 449. The second-order valence-electron chi connectivity index (χ2n) is 4.44. The normalized spacial score (nSPS) is 15.3. The molecule has 18 heavy (non-hydrogen) atoms. The van der Waals surface area contributed by atoms with Gasteiger partial charge in [-0.3, -0.25) is 4.79 Å². The van der Waals surface area contributed by atoms with Crippen molar-refractivity contribution < 1.29 is 4.79 Å². The van der Waals surface area contributed by atoms with Crippen LogP contribution in [0.1, 0.15) is 23.7 Å². The number of carbonyl (C=O) groups excluding carboxylic acids is 1. The third-order valence-corrected chi connectivity index (χ3v) is 4.66. The molecule has 0 bridgehead atoms. The van der Waals surface area contributed by atoms with Crippen LogP contribution in [-0.4, -0.2) is 36.5 Å². The van der Waals surface area contributed by atoms with Gasteiger partial charge in [0, 0.05) is 28.8 Å². The average molecular weight is 379 g/mol. The lowest BCUT2D eigenvalue weighted by Crippen LogP contribution is -2.59. The van der Waals surface area contributed by atoms with Gasteiger partial charge in [0.15, 0.2) is 0 Å². The molecule has 0 saturated carbocycles. The van der Waals surface area contributed by atoms with Gasteiger partial charge in [0.2, 0.25) is 0 Å². The van der Waals surface area contributed by atoms with E-state index in [4.69, 9.17) is 11.6 Å². The molecule has 98 valence electrons. The summed E-state index contributed by atoms with van der Waals surface area (Å²) in [6.07, 6.45) is 0.973. The number of benzene rings is 1. The Kier molecular flexibility index (Phi) is 4.86. The van der Waals surface area contributed by atoms with Crippen LogP contribution < -0.4 is 5.32 Å². The standard InChI is InChI=1S/C13H16ClIN2O/c1-2-5-17(10-7-16-8-10)13(18)9-3-4-12(15)11(14)6-9/h3-4,6,10,16H,2,5,7-8H2,1H3. The van der Waals surface area contributed by atoms with Gasteiger partial charge < -0.3 is 10.2 Å². The van der Waals surface area contributed by atoms with Crippen molar-refractivity contribution in [2.45, 2.75) is 19.4 Å². The molecule has 0 atom stereocenters. The van der Waals surface area contributed by atoms with Gasteiger partial charge in [-0.2, -0.15) is 0 Å². The lowest BCUT2D eigenvalue weighted by molar-refractivity contribution is 0.0616. The minimum absolute atomic E-state index is 0.0849. The summed E-state index contributed by atoms with van der Waals surface area (Å²) in [6.45, 7) is 4.68. The Balaban J connectivity index is 2.18. The maximum absolute atomic E-state index is 12.5. The van der Waals surface area contributed by atoms with Gasteiger partial charge in [0.1, 0.15) is 0 Å². The molecule has 1 aliphatic rings. The van der Waals surface area contributed by atoms with Gasteiger partial charge in [-0.1, -0.05) is 18.5 Å². The fourth-order valence-corrected chi connectivity index (χ4v) is 2.50. The third kappa shape index (κ3) is 2.97. The molecule has 3 nitrogen and oxygen atoms in total. The van der Waals surface area contributed by atoms with Crippen LogP contribution in [0.15, 0.2) is 18.2 Å². The summed E-state index contributed by atoms with van der Waals surface area (Å²) in [5.41, 5.74) is 0.681. The maximum atomic E-state index is 12.5. The van der Waals surface area contributed by atoms with Crippen molar-refractivity contribution in [1.82, 2.24) is 10.2 Å². The molecule has 0 radical (unpaired) electrons. The zero-order valence-electron chi connectivity index (χ0n) is 10.2. The Hall–Kier alpha value is -0.330. The van der Waals surface area contributed by atoms with Gasteiger partial charge in [-0.25, -0.2) is 0 Å². The van der Waals surface area contributed by atoms with E-state index in [1.54, 1.807) is 6.07 Å². The van der Waals surface area contributed by atoms with E-state index in [1.165, 1.54) is 0 Å². The summed E-state index contributed by atoms with van der Waals surface area (Å²) in [5.74, 6) is 0.0849. The van der Waals surface area contributed by atoms with Crippen LogP contribution in [0.25, 0.3) is 0 Å². The molecule has 0 unspecified atom stereocenters. The van der Waals surface area contributed by atoms with Gasteiger partial charge >= 0.3 is 0 Å². The summed E-state index contributed by atoms with van der Waals surface area (Å²) in [6, 6.07) is 5.83. The largest absolute Gasteiger partial charge is 0.333 e. The molecule has 1 amide bonds. The number of nitrogens with zero attached hydrogens (tertiary/aromatic N) is 1. The average Bonchev–Trinajstić information content (AvgIpc) is 2.29. The molecule has 1 aromatic rings. The second-order valence-corrected chi connectivity index (χ2v) is 6.01. The minimum Gasteiger partial charge on any atom is -0.333 e. The number of carbonyl (C=O) groups is 1. The third-order valence-electron chi connectivity index (χ3n) is 3.09. The van der Waals surface area contributed by atoms with Crippen LogP contribution in [0, 0.1) is 3.57 Å². The van der Waals surface area contributed by atoms with Gasteiger partial charge in [0.05, 0.1) is 11.1 Å². The van der Waals surface area contributed by atoms with Crippen molar-refractivity contribution >= 4 is 40.1 Å². The van der Waals surface area contributed by atoms with E-state index in [0.29, 0.717) is 16.6 Å². The number of rotatable bonds is 4. The predicted octanol–water partition coefficient (Wildman–Crippen LogP) is 2.77. The molecule has 1 saturated heterocycles. The highest BCUT2D eigenvalue weighted by molar-refractivity contribution is 14.1. The topological polar surface area (TPSA) is 32.3 Å². The molecule has 1 N–H and O–H groups in total. The summed E-state index contributed by atoms with van der Waals surface area (Å²) in [5, 5.41) is 3.85. The molecule has 1 heterocycles. The molecule has 0 aromatic heterocycles. The Labute approximate surface area is 126 Å². The summed E-state index contributed by atoms with van der Waals surface area (Å²) >= 11 is 8.24. The number of halogens is 2. The van der Waals surface area contributed by atoms with Crippen molar-refractivity contribution in [1.29, 1.82) is 0 Å². The molecule has 0 spiro atoms. The van der Waals surface area contributed by atoms with E-state index in [2.05, 4.69) is 34.8 Å². The molecule has 1 aromatic carbocycles.